The van der Waals surface area contributed by atoms with Crippen molar-refractivity contribution in [3.8, 4) is 10.6 Å². The van der Waals surface area contributed by atoms with Gasteiger partial charge in [0.1, 0.15) is 5.69 Å². The van der Waals surface area contributed by atoms with Gasteiger partial charge in [-0.05, 0) is 43.3 Å². The molecule has 5 heterocycles. The predicted octanol–water partition coefficient (Wildman–Crippen LogP) is 2.27. The molecule has 0 amide bonds. The second-order valence-electron chi connectivity index (χ2n) is 5.27. The molecule has 0 aromatic carbocycles. The molecule has 0 aliphatic carbocycles. The predicted molar refractivity (Wildman–Crippen MR) is 71.5 cm³/mol. The van der Waals surface area contributed by atoms with Crippen LogP contribution in [0.2, 0.25) is 0 Å². The normalized spacial score (nSPS) is 30.8. The topological polar surface area (TPSA) is 34.0 Å². The van der Waals surface area contributed by atoms with Gasteiger partial charge in [-0.2, -0.15) is 0 Å². The largest absolute Gasteiger partial charge is 0.301 e. The van der Waals surface area contributed by atoms with Crippen molar-refractivity contribution < 1.29 is 0 Å². The van der Waals surface area contributed by atoms with Crippen LogP contribution in [0.3, 0.4) is 0 Å². The van der Waals surface area contributed by atoms with Gasteiger partial charge in [0.2, 0.25) is 0 Å². The summed E-state index contributed by atoms with van der Waals surface area (Å²) in [7, 11) is 0. The summed E-state index contributed by atoms with van der Waals surface area (Å²) in [5, 5.41) is 10.8. The van der Waals surface area contributed by atoms with Gasteiger partial charge in [-0.25, -0.2) is 4.68 Å². The van der Waals surface area contributed by atoms with Gasteiger partial charge in [-0.1, -0.05) is 11.3 Å². The van der Waals surface area contributed by atoms with E-state index in [1.165, 1.54) is 30.8 Å². The molecule has 0 spiro atoms. The van der Waals surface area contributed by atoms with Crippen molar-refractivity contribution in [2.45, 2.75) is 18.9 Å². The number of hydrogen-bond acceptors (Lipinski definition) is 4. The van der Waals surface area contributed by atoms with E-state index in [1.54, 1.807) is 11.3 Å². The molecular weight excluding hydrogens is 244 g/mol. The summed E-state index contributed by atoms with van der Waals surface area (Å²) in [4.78, 5) is 3.76. The Morgan fingerprint density at radius 1 is 1.28 bits per heavy atom. The molecule has 3 saturated heterocycles. The standard InChI is InChI=1S/C13H16N4S/c1-2-13(18-7-1)11-8-17(15-14-11)12-9-16-5-3-10(12)4-6-16/h1-2,7-8,10,12H,3-6,9H2/t12-/m0/s1. The first-order chi connectivity index (χ1) is 8.90. The van der Waals surface area contributed by atoms with Gasteiger partial charge in [0.05, 0.1) is 17.1 Å². The van der Waals surface area contributed by atoms with Crippen molar-refractivity contribution in [3.05, 3.63) is 23.7 Å². The molecule has 0 N–H and O–H groups in total. The zero-order valence-corrected chi connectivity index (χ0v) is 11.0. The Balaban J connectivity index is 1.62. The van der Waals surface area contributed by atoms with E-state index in [1.807, 2.05) is 0 Å². The second kappa shape index (κ2) is 4.17. The third kappa shape index (κ3) is 1.69. The SMILES string of the molecule is c1csc(-c2cn([C@H]3CN4CCC3CC4)nn2)c1. The van der Waals surface area contributed by atoms with Crippen LogP contribution in [0.1, 0.15) is 18.9 Å². The van der Waals surface area contributed by atoms with Crippen molar-refractivity contribution in [2.24, 2.45) is 5.92 Å². The number of rotatable bonds is 2. The lowest BCUT2D eigenvalue weighted by Gasteiger charge is -2.44. The Bertz CT molecular complexity index is 525. The Morgan fingerprint density at radius 3 is 2.83 bits per heavy atom. The highest BCUT2D eigenvalue weighted by molar-refractivity contribution is 7.13. The summed E-state index contributed by atoms with van der Waals surface area (Å²) in [6, 6.07) is 4.71. The molecule has 18 heavy (non-hydrogen) atoms. The van der Waals surface area contributed by atoms with Gasteiger partial charge in [-0.3, -0.25) is 0 Å². The van der Waals surface area contributed by atoms with Gasteiger partial charge >= 0.3 is 0 Å². The van der Waals surface area contributed by atoms with Crippen molar-refractivity contribution in [1.82, 2.24) is 19.9 Å². The van der Waals surface area contributed by atoms with E-state index in [0.717, 1.165) is 18.2 Å². The van der Waals surface area contributed by atoms with Crippen LogP contribution in [0.4, 0.5) is 0 Å². The fourth-order valence-electron chi connectivity index (χ4n) is 3.21. The molecule has 2 aromatic rings. The fraction of sp³-hybridized carbons (Fsp3) is 0.538. The number of fused-ring (bicyclic) bond motifs is 3. The molecule has 2 bridgehead atoms. The van der Waals surface area contributed by atoms with E-state index in [-0.39, 0.29) is 0 Å². The van der Waals surface area contributed by atoms with Gasteiger partial charge in [0.15, 0.2) is 0 Å². The van der Waals surface area contributed by atoms with Crippen LogP contribution in [0.5, 0.6) is 0 Å². The molecule has 5 heteroatoms. The molecule has 3 aliphatic heterocycles. The minimum absolute atomic E-state index is 0.536. The van der Waals surface area contributed by atoms with Crippen LogP contribution in [0.25, 0.3) is 10.6 Å². The smallest absolute Gasteiger partial charge is 0.122 e. The lowest BCUT2D eigenvalue weighted by atomic mass is 9.84. The Morgan fingerprint density at radius 2 is 2.17 bits per heavy atom. The molecule has 1 atom stereocenters. The summed E-state index contributed by atoms with van der Waals surface area (Å²) < 4.78 is 2.10. The molecule has 0 unspecified atom stereocenters. The zero-order valence-electron chi connectivity index (χ0n) is 10.2. The summed E-state index contributed by atoms with van der Waals surface area (Å²) in [6.45, 7) is 3.69. The Kier molecular flexibility index (Phi) is 2.48. The summed E-state index contributed by atoms with van der Waals surface area (Å²) in [5.74, 6) is 0.799. The van der Waals surface area contributed by atoms with Crippen molar-refractivity contribution in [3.63, 3.8) is 0 Å². The second-order valence-corrected chi connectivity index (χ2v) is 6.21. The van der Waals surface area contributed by atoms with E-state index >= 15 is 0 Å². The Labute approximate surface area is 110 Å². The fourth-order valence-corrected chi connectivity index (χ4v) is 3.88. The molecule has 4 nitrogen and oxygen atoms in total. The van der Waals surface area contributed by atoms with E-state index in [4.69, 9.17) is 0 Å². The molecule has 3 aliphatic rings. The first-order valence-electron chi connectivity index (χ1n) is 6.58. The number of thiophene rings is 1. The van der Waals surface area contributed by atoms with Crippen LogP contribution in [0.15, 0.2) is 23.7 Å². The monoisotopic (exact) mass is 260 g/mol. The average molecular weight is 260 g/mol. The maximum atomic E-state index is 4.36. The van der Waals surface area contributed by atoms with Crippen molar-refractivity contribution in [2.75, 3.05) is 19.6 Å². The molecule has 5 rings (SSSR count). The van der Waals surface area contributed by atoms with Crippen LogP contribution < -0.4 is 0 Å². The van der Waals surface area contributed by atoms with Crippen molar-refractivity contribution in [1.29, 1.82) is 0 Å². The molecule has 2 aromatic heterocycles. The lowest BCUT2D eigenvalue weighted by molar-refractivity contribution is 0.0504. The van der Waals surface area contributed by atoms with Gasteiger partial charge < -0.3 is 4.90 Å². The minimum atomic E-state index is 0.536. The molecular formula is C13H16N4S. The minimum Gasteiger partial charge on any atom is -0.301 e. The maximum Gasteiger partial charge on any atom is 0.122 e. The van der Waals surface area contributed by atoms with E-state index < -0.39 is 0 Å². The van der Waals surface area contributed by atoms with E-state index in [9.17, 15) is 0 Å². The van der Waals surface area contributed by atoms with Crippen LogP contribution >= 0.6 is 11.3 Å². The van der Waals surface area contributed by atoms with Gasteiger partial charge in [0, 0.05) is 6.54 Å². The number of aromatic nitrogens is 3. The van der Waals surface area contributed by atoms with Crippen LogP contribution in [-0.4, -0.2) is 39.5 Å². The molecule has 0 radical (unpaired) electrons. The Hall–Kier alpha value is -1.20. The molecule has 3 fully saturated rings. The van der Waals surface area contributed by atoms with Crippen LogP contribution in [-0.2, 0) is 0 Å². The zero-order chi connectivity index (χ0) is 11.9. The molecule has 94 valence electrons. The summed E-state index contributed by atoms with van der Waals surface area (Å²) in [5.41, 5.74) is 1.02. The quantitative estimate of drug-likeness (QED) is 0.830. The highest BCUT2D eigenvalue weighted by Crippen LogP contribution is 2.35. The average Bonchev–Trinajstić information content (AvgIpc) is 3.11. The van der Waals surface area contributed by atoms with Crippen molar-refractivity contribution >= 4 is 11.3 Å². The summed E-state index contributed by atoms with van der Waals surface area (Å²) in [6.07, 6.45) is 4.76. The lowest BCUT2D eigenvalue weighted by Crippen LogP contribution is -2.48. The number of piperidine rings is 3. The van der Waals surface area contributed by atoms with E-state index in [0.29, 0.717) is 6.04 Å². The van der Waals surface area contributed by atoms with Crippen LogP contribution in [0, 0.1) is 5.92 Å². The number of nitrogens with zero attached hydrogens (tertiary/aromatic N) is 4. The third-order valence-electron chi connectivity index (χ3n) is 4.25. The molecule has 0 saturated carbocycles. The highest BCUT2D eigenvalue weighted by Gasteiger charge is 2.35. The maximum absolute atomic E-state index is 4.36. The first kappa shape index (κ1) is 10.7. The summed E-state index contributed by atoms with van der Waals surface area (Å²) >= 11 is 1.73. The highest BCUT2D eigenvalue weighted by atomic mass is 32.1. The number of hydrogen-bond donors (Lipinski definition) is 0. The third-order valence-corrected chi connectivity index (χ3v) is 5.14. The van der Waals surface area contributed by atoms with Gasteiger partial charge in [0.25, 0.3) is 0 Å². The first-order valence-corrected chi connectivity index (χ1v) is 7.46. The van der Waals surface area contributed by atoms with E-state index in [2.05, 4.69) is 43.6 Å². The van der Waals surface area contributed by atoms with Gasteiger partial charge in [-0.15, -0.1) is 16.4 Å².